The molecule has 1 aliphatic heterocycles. The predicted molar refractivity (Wildman–Crippen MR) is 94.3 cm³/mol. The van der Waals surface area contributed by atoms with Gasteiger partial charge in [-0.2, -0.15) is 4.68 Å². The highest BCUT2D eigenvalue weighted by Gasteiger charge is 2.21. The number of hydrogen-bond donors (Lipinski definition) is 0. The van der Waals surface area contributed by atoms with Crippen LogP contribution in [0.5, 0.6) is 0 Å². The van der Waals surface area contributed by atoms with Gasteiger partial charge in [0.25, 0.3) is 0 Å². The number of aryl methyl sites for hydroxylation is 2. The predicted octanol–water partition coefficient (Wildman–Crippen LogP) is 2.63. The Balaban J connectivity index is 1.68. The molecule has 2 heterocycles. The minimum Gasteiger partial charge on any atom is -0.342 e. The van der Waals surface area contributed by atoms with Crippen molar-refractivity contribution in [1.29, 1.82) is 0 Å². The normalized spacial score (nSPS) is 18.0. The summed E-state index contributed by atoms with van der Waals surface area (Å²) in [6.07, 6.45) is 2.31. The zero-order chi connectivity index (χ0) is 17.1. The first kappa shape index (κ1) is 17.0. The van der Waals surface area contributed by atoms with Crippen LogP contribution in [-0.4, -0.2) is 49.9 Å². The molecule has 0 unspecified atom stereocenters. The van der Waals surface area contributed by atoms with Gasteiger partial charge in [0, 0.05) is 13.1 Å². The molecule has 0 aliphatic carbocycles. The van der Waals surface area contributed by atoms with Crippen LogP contribution in [0.25, 0.3) is 5.69 Å². The fraction of sp³-hybridized carbons (Fsp3) is 0.529. The molecule has 128 valence electrons. The molecule has 2 aromatic rings. The lowest BCUT2D eigenvalue weighted by atomic mass is 10.0. The van der Waals surface area contributed by atoms with Gasteiger partial charge in [-0.05, 0) is 66.3 Å². The van der Waals surface area contributed by atoms with Crippen LogP contribution < -0.4 is 0 Å². The van der Waals surface area contributed by atoms with Gasteiger partial charge in [-0.15, -0.1) is 5.10 Å². The van der Waals surface area contributed by atoms with Crippen molar-refractivity contribution < 1.29 is 4.79 Å². The number of carbonyl (C=O) groups excluding carboxylic acids is 1. The van der Waals surface area contributed by atoms with E-state index in [-0.39, 0.29) is 5.91 Å². The molecular weight excluding hydrogens is 322 g/mol. The summed E-state index contributed by atoms with van der Waals surface area (Å²) in [4.78, 5) is 14.4. The van der Waals surface area contributed by atoms with Crippen molar-refractivity contribution in [3.05, 3.63) is 29.3 Å². The van der Waals surface area contributed by atoms with E-state index in [1.165, 1.54) is 18.2 Å². The number of carbonyl (C=O) groups is 1. The van der Waals surface area contributed by atoms with E-state index in [1.54, 1.807) is 4.68 Å². The second-order valence-electron chi connectivity index (χ2n) is 6.60. The molecule has 1 aromatic heterocycles. The smallest absolute Gasteiger partial charge is 0.233 e. The van der Waals surface area contributed by atoms with Crippen LogP contribution >= 0.6 is 11.8 Å². The second-order valence-corrected chi connectivity index (χ2v) is 7.54. The summed E-state index contributed by atoms with van der Waals surface area (Å²) in [5, 5.41) is 12.6. The monoisotopic (exact) mass is 345 g/mol. The summed E-state index contributed by atoms with van der Waals surface area (Å²) in [7, 11) is 0. The second kappa shape index (κ2) is 7.34. The molecule has 24 heavy (non-hydrogen) atoms. The summed E-state index contributed by atoms with van der Waals surface area (Å²) in [5.74, 6) is 1.13. The van der Waals surface area contributed by atoms with Gasteiger partial charge < -0.3 is 4.90 Å². The van der Waals surface area contributed by atoms with E-state index in [2.05, 4.69) is 42.4 Å². The van der Waals surface area contributed by atoms with E-state index in [0.29, 0.717) is 16.8 Å². The fourth-order valence-corrected chi connectivity index (χ4v) is 3.93. The van der Waals surface area contributed by atoms with Crippen LogP contribution in [-0.2, 0) is 4.79 Å². The maximum Gasteiger partial charge on any atom is 0.233 e. The maximum absolute atomic E-state index is 12.4. The number of nitrogens with zero attached hydrogens (tertiary/aromatic N) is 5. The molecule has 0 saturated carbocycles. The lowest BCUT2D eigenvalue weighted by Crippen LogP contribution is -2.40. The molecule has 1 aromatic carbocycles. The van der Waals surface area contributed by atoms with Gasteiger partial charge in [0.2, 0.25) is 11.1 Å². The minimum atomic E-state index is 0.168. The average Bonchev–Trinajstić information content (AvgIpc) is 3.00. The average molecular weight is 345 g/mol. The standard InChI is InChI=1S/C17H23N5OS/c1-12-5-4-6-21(10-12)16(23)11-24-17-18-19-20-22(17)15-8-13(2)7-14(3)9-15/h7-9,12H,4-6,10-11H2,1-3H3/t12-/m0/s1. The summed E-state index contributed by atoms with van der Waals surface area (Å²) >= 11 is 1.40. The SMILES string of the molecule is Cc1cc(C)cc(-n2nnnc2SCC(=O)N2CCC[C@H](C)C2)c1. The third-order valence-electron chi connectivity index (χ3n) is 4.23. The van der Waals surface area contributed by atoms with E-state index >= 15 is 0 Å². The lowest BCUT2D eigenvalue weighted by Gasteiger charge is -2.30. The zero-order valence-electron chi connectivity index (χ0n) is 14.4. The van der Waals surface area contributed by atoms with Crippen LogP contribution in [0, 0.1) is 19.8 Å². The molecule has 0 N–H and O–H groups in total. The number of thioether (sulfide) groups is 1. The van der Waals surface area contributed by atoms with Crippen molar-refractivity contribution >= 4 is 17.7 Å². The zero-order valence-corrected chi connectivity index (χ0v) is 15.2. The van der Waals surface area contributed by atoms with Crippen molar-refractivity contribution in [2.24, 2.45) is 5.92 Å². The Morgan fingerprint density at radius 2 is 2.04 bits per heavy atom. The molecular formula is C17H23N5OS. The van der Waals surface area contributed by atoms with Gasteiger partial charge in [0.15, 0.2) is 0 Å². The molecule has 1 fully saturated rings. The molecule has 0 bridgehead atoms. The quantitative estimate of drug-likeness (QED) is 0.797. The highest BCUT2D eigenvalue weighted by atomic mass is 32.2. The Hall–Kier alpha value is -1.89. The molecule has 6 nitrogen and oxygen atoms in total. The van der Waals surface area contributed by atoms with Crippen molar-refractivity contribution in [3.63, 3.8) is 0 Å². The maximum atomic E-state index is 12.4. The molecule has 1 atom stereocenters. The highest BCUT2D eigenvalue weighted by Crippen LogP contribution is 2.22. The number of likely N-dealkylation sites (tertiary alicyclic amines) is 1. The Morgan fingerprint density at radius 1 is 1.29 bits per heavy atom. The Kier molecular flexibility index (Phi) is 5.18. The fourth-order valence-electron chi connectivity index (χ4n) is 3.14. The Bertz CT molecular complexity index is 709. The van der Waals surface area contributed by atoms with Crippen LogP contribution in [0.3, 0.4) is 0 Å². The summed E-state index contributed by atoms with van der Waals surface area (Å²) < 4.78 is 1.71. The van der Waals surface area contributed by atoms with E-state index < -0.39 is 0 Å². The van der Waals surface area contributed by atoms with Crippen LogP contribution in [0.4, 0.5) is 0 Å². The topological polar surface area (TPSA) is 63.9 Å². The van der Waals surface area contributed by atoms with Crippen molar-refractivity contribution in [1.82, 2.24) is 25.1 Å². The number of tetrazole rings is 1. The first-order valence-corrected chi connectivity index (χ1v) is 9.29. The van der Waals surface area contributed by atoms with E-state index in [1.807, 2.05) is 17.0 Å². The largest absolute Gasteiger partial charge is 0.342 e. The molecule has 1 saturated heterocycles. The van der Waals surface area contributed by atoms with Crippen LogP contribution in [0.15, 0.2) is 23.4 Å². The molecule has 1 amide bonds. The Morgan fingerprint density at radius 3 is 2.75 bits per heavy atom. The van der Waals surface area contributed by atoms with Gasteiger partial charge >= 0.3 is 0 Å². The number of aromatic nitrogens is 4. The van der Waals surface area contributed by atoms with Gasteiger partial charge in [-0.25, -0.2) is 0 Å². The number of piperidine rings is 1. The molecule has 0 radical (unpaired) electrons. The van der Waals surface area contributed by atoms with E-state index in [9.17, 15) is 4.79 Å². The van der Waals surface area contributed by atoms with Crippen LogP contribution in [0.2, 0.25) is 0 Å². The van der Waals surface area contributed by atoms with Gasteiger partial charge in [-0.1, -0.05) is 24.8 Å². The number of benzene rings is 1. The minimum absolute atomic E-state index is 0.168. The molecule has 0 spiro atoms. The van der Waals surface area contributed by atoms with E-state index in [0.717, 1.165) is 36.3 Å². The first-order chi connectivity index (χ1) is 11.5. The number of hydrogen-bond acceptors (Lipinski definition) is 5. The van der Waals surface area contributed by atoms with Crippen molar-refractivity contribution in [2.75, 3.05) is 18.8 Å². The van der Waals surface area contributed by atoms with Crippen molar-refractivity contribution in [2.45, 2.75) is 38.8 Å². The number of amides is 1. The molecule has 7 heteroatoms. The molecule has 1 aliphatic rings. The summed E-state index contributed by atoms with van der Waals surface area (Å²) in [6, 6.07) is 6.20. The lowest BCUT2D eigenvalue weighted by molar-refractivity contribution is -0.130. The third kappa shape index (κ3) is 3.95. The Labute approximate surface area is 146 Å². The van der Waals surface area contributed by atoms with Gasteiger partial charge in [0.05, 0.1) is 11.4 Å². The third-order valence-corrected chi connectivity index (χ3v) is 5.13. The van der Waals surface area contributed by atoms with Gasteiger partial charge in [-0.3, -0.25) is 4.79 Å². The highest BCUT2D eigenvalue weighted by molar-refractivity contribution is 7.99. The summed E-state index contributed by atoms with van der Waals surface area (Å²) in [6.45, 7) is 8.03. The first-order valence-electron chi connectivity index (χ1n) is 8.30. The van der Waals surface area contributed by atoms with Crippen LogP contribution in [0.1, 0.15) is 30.9 Å². The molecule has 3 rings (SSSR count). The van der Waals surface area contributed by atoms with E-state index in [4.69, 9.17) is 0 Å². The number of rotatable bonds is 4. The van der Waals surface area contributed by atoms with Crippen molar-refractivity contribution in [3.8, 4) is 5.69 Å². The van der Waals surface area contributed by atoms with Gasteiger partial charge in [0.1, 0.15) is 0 Å². The summed E-state index contributed by atoms with van der Waals surface area (Å²) in [5.41, 5.74) is 3.25.